The van der Waals surface area contributed by atoms with E-state index in [4.69, 9.17) is 0 Å². The first-order chi connectivity index (χ1) is 12.5. The predicted octanol–water partition coefficient (Wildman–Crippen LogP) is 2.11. The van der Waals surface area contributed by atoms with Crippen molar-refractivity contribution in [2.45, 2.75) is 25.8 Å². The third-order valence-corrected chi connectivity index (χ3v) is 4.24. The fourth-order valence-electron chi connectivity index (χ4n) is 3.00. The third kappa shape index (κ3) is 4.15. The van der Waals surface area contributed by atoms with Crippen LogP contribution in [0, 0.1) is 0 Å². The molecule has 3 amide bonds. The minimum absolute atomic E-state index is 0.154. The molecule has 2 aromatic carbocycles. The molecule has 3 rings (SSSR count). The van der Waals surface area contributed by atoms with Crippen molar-refractivity contribution < 1.29 is 14.4 Å². The summed E-state index contributed by atoms with van der Waals surface area (Å²) in [6.45, 7) is 2.05. The normalized spacial score (nSPS) is 16.8. The van der Waals surface area contributed by atoms with E-state index >= 15 is 0 Å². The van der Waals surface area contributed by atoms with E-state index in [-0.39, 0.29) is 24.1 Å². The molecule has 1 heterocycles. The summed E-state index contributed by atoms with van der Waals surface area (Å²) in [6, 6.07) is 16.2. The zero-order valence-electron chi connectivity index (χ0n) is 14.6. The molecule has 1 fully saturated rings. The number of carbonyl (C=O) groups is 3. The highest BCUT2D eigenvalue weighted by atomic mass is 16.2. The van der Waals surface area contributed by atoms with Crippen LogP contribution in [-0.2, 0) is 20.8 Å². The lowest BCUT2D eigenvalue weighted by Crippen LogP contribution is -2.39. The summed E-state index contributed by atoms with van der Waals surface area (Å²) in [5.41, 5.74) is 2.32. The minimum Gasteiger partial charge on any atom is -0.326 e. The molecule has 1 saturated heterocycles. The second-order valence-corrected chi connectivity index (χ2v) is 6.24. The van der Waals surface area contributed by atoms with Gasteiger partial charge in [0.1, 0.15) is 0 Å². The fourth-order valence-corrected chi connectivity index (χ4v) is 3.00. The number of rotatable bonds is 6. The maximum atomic E-state index is 12.6. The van der Waals surface area contributed by atoms with Crippen molar-refractivity contribution >= 4 is 29.1 Å². The molecule has 1 atom stereocenters. The van der Waals surface area contributed by atoms with Gasteiger partial charge in [0.15, 0.2) is 0 Å². The molecule has 2 N–H and O–H groups in total. The number of hydrogen-bond donors (Lipinski definition) is 2. The molecule has 0 bridgehead atoms. The van der Waals surface area contributed by atoms with Gasteiger partial charge in [-0.05, 0) is 42.8 Å². The van der Waals surface area contributed by atoms with Crippen LogP contribution in [0.25, 0.3) is 0 Å². The van der Waals surface area contributed by atoms with Crippen LogP contribution in [-0.4, -0.2) is 30.3 Å². The van der Waals surface area contributed by atoms with E-state index in [2.05, 4.69) is 10.6 Å². The first kappa shape index (κ1) is 17.8. The number of benzene rings is 2. The predicted molar refractivity (Wildman–Crippen MR) is 99.8 cm³/mol. The van der Waals surface area contributed by atoms with Crippen molar-refractivity contribution in [2.75, 3.05) is 16.8 Å². The molecule has 0 radical (unpaired) electrons. The van der Waals surface area contributed by atoms with Crippen molar-refractivity contribution in [1.29, 1.82) is 0 Å². The number of carbonyl (C=O) groups excluding carboxylic acids is 3. The van der Waals surface area contributed by atoms with E-state index in [0.29, 0.717) is 17.9 Å². The van der Waals surface area contributed by atoms with Crippen LogP contribution in [0.2, 0.25) is 0 Å². The lowest BCUT2D eigenvalue weighted by Gasteiger charge is -2.16. The number of nitrogens with zero attached hydrogens (tertiary/aromatic N) is 1. The Morgan fingerprint density at radius 2 is 1.77 bits per heavy atom. The summed E-state index contributed by atoms with van der Waals surface area (Å²) in [7, 11) is 0. The van der Waals surface area contributed by atoms with Gasteiger partial charge in [0, 0.05) is 12.6 Å². The Morgan fingerprint density at radius 1 is 1.08 bits per heavy atom. The summed E-state index contributed by atoms with van der Waals surface area (Å²) >= 11 is 0. The van der Waals surface area contributed by atoms with Crippen LogP contribution in [0.5, 0.6) is 0 Å². The van der Waals surface area contributed by atoms with Gasteiger partial charge >= 0.3 is 0 Å². The van der Waals surface area contributed by atoms with Crippen LogP contribution in [0.4, 0.5) is 11.4 Å². The van der Waals surface area contributed by atoms with Crippen molar-refractivity contribution in [1.82, 2.24) is 5.32 Å². The molecule has 6 nitrogen and oxygen atoms in total. The third-order valence-electron chi connectivity index (χ3n) is 4.24. The van der Waals surface area contributed by atoms with Crippen molar-refractivity contribution in [3.05, 3.63) is 60.2 Å². The minimum atomic E-state index is -0.499. The molecule has 0 aliphatic carbocycles. The smallest absolute Gasteiger partial charge is 0.251 e. The molecule has 0 saturated carbocycles. The Bertz CT molecular complexity index is 803. The van der Waals surface area contributed by atoms with Crippen LogP contribution in [0.3, 0.4) is 0 Å². The van der Waals surface area contributed by atoms with Crippen LogP contribution >= 0.6 is 0 Å². The van der Waals surface area contributed by atoms with E-state index in [0.717, 1.165) is 6.42 Å². The number of amides is 3. The van der Waals surface area contributed by atoms with Crippen LogP contribution < -0.4 is 15.5 Å². The van der Waals surface area contributed by atoms with Gasteiger partial charge in [0.2, 0.25) is 11.8 Å². The van der Waals surface area contributed by atoms with Gasteiger partial charge < -0.3 is 10.6 Å². The lowest BCUT2D eigenvalue weighted by molar-refractivity contribution is -0.121. The number of nitrogens with one attached hydrogen (secondary N) is 2. The molecule has 0 unspecified atom stereocenters. The van der Waals surface area contributed by atoms with Crippen LogP contribution in [0.1, 0.15) is 18.9 Å². The van der Waals surface area contributed by atoms with Crippen molar-refractivity contribution in [2.24, 2.45) is 0 Å². The standard InChI is InChI=1S/C20H21N3O3/c1-14(24)22-16-7-9-17(10-8-16)23-19(25)13-18(20(23)26)21-12-11-15-5-3-2-4-6-15/h2-10,18,21H,11-13H2,1H3,(H,22,24)/t18-/m1/s1. The van der Waals surface area contributed by atoms with Gasteiger partial charge in [0.05, 0.1) is 18.2 Å². The largest absolute Gasteiger partial charge is 0.326 e. The molecule has 2 aromatic rings. The number of anilines is 2. The highest BCUT2D eigenvalue weighted by molar-refractivity contribution is 6.22. The zero-order chi connectivity index (χ0) is 18.5. The molecule has 1 aliphatic rings. The summed E-state index contributed by atoms with van der Waals surface area (Å²) in [6.07, 6.45) is 0.950. The summed E-state index contributed by atoms with van der Waals surface area (Å²) in [4.78, 5) is 37.2. The van der Waals surface area contributed by atoms with Gasteiger partial charge in [-0.1, -0.05) is 30.3 Å². The molecular formula is C20H21N3O3. The number of imide groups is 1. The van der Waals surface area contributed by atoms with E-state index in [1.54, 1.807) is 24.3 Å². The van der Waals surface area contributed by atoms with Crippen LogP contribution in [0.15, 0.2) is 54.6 Å². The van der Waals surface area contributed by atoms with Gasteiger partial charge in [-0.25, -0.2) is 4.90 Å². The van der Waals surface area contributed by atoms with Crippen molar-refractivity contribution in [3.63, 3.8) is 0 Å². The maximum absolute atomic E-state index is 12.6. The molecule has 0 spiro atoms. The Balaban J connectivity index is 1.60. The molecule has 1 aliphatic heterocycles. The summed E-state index contributed by atoms with van der Waals surface area (Å²) < 4.78 is 0. The zero-order valence-corrected chi connectivity index (χ0v) is 14.6. The monoisotopic (exact) mass is 351 g/mol. The molecule has 26 heavy (non-hydrogen) atoms. The van der Waals surface area contributed by atoms with Gasteiger partial charge in [0.25, 0.3) is 5.91 Å². The first-order valence-electron chi connectivity index (χ1n) is 8.56. The van der Waals surface area contributed by atoms with Gasteiger partial charge in [-0.15, -0.1) is 0 Å². The Morgan fingerprint density at radius 3 is 2.42 bits per heavy atom. The number of hydrogen-bond acceptors (Lipinski definition) is 4. The molecular weight excluding hydrogens is 330 g/mol. The second kappa shape index (κ2) is 7.93. The van der Waals surface area contributed by atoms with Gasteiger partial charge in [-0.3, -0.25) is 14.4 Å². The fraction of sp³-hybridized carbons (Fsp3) is 0.250. The van der Waals surface area contributed by atoms with E-state index in [1.165, 1.54) is 17.4 Å². The lowest BCUT2D eigenvalue weighted by atomic mass is 10.1. The van der Waals surface area contributed by atoms with E-state index in [9.17, 15) is 14.4 Å². The average Bonchev–Trinajstić information content (AvgIpc) is 2.90. The van der Waals surface area contributed by atoms with E-state index in [1.807, 2.05) is 30.3 Å². The highest BCUT2D eigenvalue weighted by Crippen LogP contribution is 2.24. The molecule has 134 valence electrons. The average molecular weight is 351 g/mol. The van der Waals surface area contributed by atoms with Gasteiger partial charge in [-0.2, -0.15) is 0 Å². The Labute approximate surface area is 152 Å². The Kier molecular flexibility index (Phi) is 5.43. The molecule has 6 heteroatoms. The first-order valence-corrected chi connectivity index (χ1v) is 8.56. The highest BCUT2D eigenvalue weighted by Gasteiger charge is 2.39. The quantitative estimate of drug-likeness (QED) is 0.782. The second-order valence-electron chi connectivity index (χ2n) is 6.24. The topological polar surface area (TPSA) is 78.5 Å². The SMILES string of the molecule is CC(=O)Nc1ccc(N2C(=O)C[C@@H](NCCc3ccccc3)C2=O)cc1. The van der Waals surface area contributed by atoms with E-state index < -0.39 is 6.04 Å². The summed E-state index contributed by atoms with van der Waals surface area (Å²) in [5, 5.41) is 5.84. The Hall–Kier alpha value is -2.99. The summed E-state index contributed by atoms with van der Waals surface area (Å²) in [5.74, 6) is -0.636. The maximum Gasteiger partial charge on any atom is 0.251 e. The molecule has 0 aromatic heterocycles. The van der Waals surface area contributed by atoms with Crippen molar-refractivity contribution in [3.8, 4) is 0 Å².